The third-order valence-electron chi connectivity index (χ3n) is 2.96. The zero-order valence-electron chi connectivity index (χ0n) is 12.1. The Hall–Kier alpha value is -2.09. The standard InChI is InChI=1S/C14H16F3N3O2/c1-7(2)5-9(18)12(21)19-8-3-4-11-10(6-8)20-13(22-11)14(15,16)17/h3-4,6-7,9H,5,18H2,1-2H3,(H,19,21)/t9-/m0/s1. The highest BCUT2D eigenvalue weighted by Gasteiger charge is 2.37. The molecule has 0 spiro atoms. The predicted molar refractivity (Wildman–Crippen MR) is 75.1 cm³/mol. The molecule has 0 fully saturated rings. The molecule has 3 N–H and O–H groups in total. The van der Waals surface area contributed by atoms with Crippen molar-refractivity contribution in [3.05, 3.63) is 24.1 Å². The lowest BCUT2D eigenvalue weighted by molar-refractivity contribution is -0.156. The maximum absolute atomic E-state index is 12.5. The van der Waals surface area contributed by atoms with Crippen LogP contribution in [0.4, 0.5) is 18.9 Å². The van der Waals surface area contributed by atoms with E-state index in [-0.39, 0.29) is 17.0 Å². The van der Waals surface area contributed by atoms with Crippen LogP contribution in [0, 0.1) is 5.92 Å². The Morgan fingerprint density at radius 2 is 2.09 bits per heavy atom. The van der Waals surface area contributed by atoms with Gasteiger partial charge >= 0.3 is 12.1 Å². The lowest BCUT2D eigenvalue weighted by atomic mass is 10.0. The molecule has 2 aromatic rings. The molecule has 5 nitrogen and oxygen atoms in total. The molecule has 120 valence electrons. The van der Waals surface area contributed by atoms with E-state index >= 15 is 0 Å². The number of alkyl halides is 3. The summed E-state index contributed by atoms with van der Waals surface area (Å²) in [5.74, 6) is -1.46. The monoisotopic (exact) mass is 315 g/mol. The highest BCUT2D eigenvalue weighted by molar-refractivity contribution is 5.96. The third kappa shape index (κ3) is 3.76. The number of aromatic nitrogens is 1. The highest BCUT2D eigenvalue weighted by Crippen LogP contribution is 2.31. The fourth-order valence-electron chi connectivity index (χ4n) is 1.98. The van der Waals surface area contributed by atoms with Crippen LogP contribution >= 0.6 is 0 Å². The van der Waals surface area contributed by atoms with Crippen LogP contribution in [0.15, 0.2) is 22.6 Å². The Kier molecular flexibility index (Phi) is 4.41. The van der Waals surface area contributed by atoms with Crippen molar-refractivity contribution in [2.45, 2.75) is 32.5 Å². The number of nitrogens with two attached hydrogens (primary N) is 1. The highest BCUT2D eigenvalue weighted by atomic mass is 19.4. The van der Waals surface area contributed by atoms with Crippen molar-refractivity contribution < 1.29 is 22.4 Å². The van der Waals surface area contributed by atoms with Crippen molar-refractivity contribution in [2.75, 3.05) is 5.32 Å². The second-order valence-electron chi connectivity index (χ2n) is 5.42. The van der Waals surface area contributed by atoms with E-state index in [4.69, 9.17) is 5.73 Å². The SMILES string of the molecule is CC(C)C[C@H](N)C(=O)Nc1ccc2oc(C(F)(F)F)nc2c1. The molecule has 2 rings (SSSR count). The first-order chi connectivity index (χ1) is 10.2. The number of carbonyl (C=O) groups is 1. The Labute approximate surface area is 124 Å². The van der Waals surface area contributed by atoms with Gasteiger partial charge in [0.1, 0.15) is 5.52 Å². The quantitative estimate of drug-likeness (QED) is 0.908. The second kappa shape index (κ2) is 5.96. The summed E-state index contributed by atoms with van der Waals surface area (Å²) in [6.45, 7) is 3.88. The first kappa shape index (κ1) is 16.3. The summed E-state index contributed by atoms with van der Waals surface area (Å²) < 4.78 is 42.2. The van der Waals surface area contributed by atoms with Gasteiger partial charge in [-0.1, -0.05) is 13.8 Å². The van der Waals surface area contributed by atoms with Crippen LogP contribution in [0.1, 0.15) is 26.2 Å². The lowest BCUT2D eigenvalue weighted by Crippen LogP contribution is -2.36. The fourth-order valence-corrected chi connectivity index (χ4v) is 1.98. The second-order valence-corrected chi connectivity index (χ2v) is 5.42. The Bertz CT molecular complexity index is 680. The maximum atomic E-state index is 12.5. The molecular formula is C14H16F3N3O2. The summed E-state index contributed by atoms with van der Waals surface area (Å²) >= 11 is 0. The van der Waals surface area contributed by atoms with E-state index in [1.54, 1.807) is 0 Å². The molecule has 1 atom stereocenters. The minimum absolute atomic E-state index is 0.00296. The molecule has 0 aliphatic carbocycles. The summed E-state index contributed by atoms with van der Waals surface area (Å²) in [4.78, 5) is 15.3. The van der Waals surface area contributed by atoms with Crippen LogP contribution < -0.4 is 11.1 Å². The van der Waals surface area contributed by atoms with E-state index in [1.807, 2.05) is 13.8 Å². The molecule has 0 bridgehead atoms. The van der Waals surface area contributed by atoms with E-state index in [9.17, 15) is 18.0 Å². The number of fused-ring (bicyclic) bond motifs is 1. The van der Waals surface area contributed by atoms with Crippen molar-refractivity contribution >= 4 is 22.7 Å². The van der Waals surface area contributed by atoms with Gasteiger partial charge in [0, 0.05) is 5.69 Å². The molecule has 0 aliphatic heterocycles. The van der Waals surface area contributed by atoms with Crippen molar-refractivity contribution in [1.82, 2.24) is 4.98 Å². The van der Waals surface area contributed by atoms with E-state index in [0.29, 0.717) is 12.1 Å². The van der Waals surface area contributed by atoms with E-state index in [2.05, 4.69) is 14.7 Å². The minimum atomic E-state index is -4.65. The number of benzene rings is 1. The average Bonchev–Trinajstić information content (AvgIpc) is 2.80. The largest absolute Gasteiger partial charge is 0.468 e. The summed E-state index contributed by atoms with van der Waals surface area (Å²) in [6, 6.07) is 3.39. The number of rotatable bonds is 4. The Morgan fingerprint density at radius 3 is 2.68 bits per heavy atom. The van der Waals surface area contributed by atoms with Gasteiger partial charge in [0.15, 0.2) is 5.58 Å². The zero-order valence-corrected chi connectivity index (χ0v) is 12.1. The molecule has 0 unspecified atom stereocenters. The predicted octanol–water partition coefficient (Wildman–Crippen LogP) is 3.16. The van der Waals surface area contributed by atoms with Crippen molar-refractivity contribution in [1.29, 1.82) is 0 Å². The molecule has 1 aromatic heterocycles. The number of carbonyl (C=O) groups excluding carboxylic acids is 1. The number of nitrogens with zero attached hydrogens (tertiary/aromatic N) is 1. The number of halogens is 3. The summed E-state index contributed by atoms with van der Waals surface area (Å²) in [7, 11) is 0. The van der Waals surface area contributed by atoms with E-state index < -0.39 is 24.0 Å². The lowest BCUT2D eigenvalue weighted by Gasteiger charge is -2.14. The normalized spacial score (nSPS) is 13.6. The van der Waals surface area contributed by atoms with Crippen molar-refractivity contribution in [3.8, 4) is 0 Å². The Morgan fingerprint density at radius 1 is 1.41 bits per heavy atom. The number of amides is 1. The van der Waals surface area contributed by atoms with Crippen LogP contribution in [0.25, 0.3) is 11.1 Å². The van der Waals surface area contributed by atoms with Crippen LogP contribution in [-0.4, -0.2) is 16.9 Å². The van der Waals surface area contributed by atoms with Gasteiger partial charge in [-0.2, -0.15) is 13.2 Å². The van der Waals surface area contributed by atoms with Gasteiger partial charge in [0.2, 0.25) is 5.91 Å². The van der Waals surface area contributed by atoms with Gasteiger partial charge < -0.3 is 15.5 Å². The number of anilines is 1. The first-order valence-electron chi connectivity index (χ1n) is 6.71. The van der Waals surface area contributed by atoms with Crippen molar-refractivity contribution in [2.24, 2.45) is 11.7 Å². The van der Waals surface area contributed by atoms with Gasteiger partial charge in [-0.05, 0) is 30.5 Å². The summed E-state index contributed by atoms with van der Waals surface area (Å²) in [6.07, 6.45) is -4.14. The van der Waals surface area contributed by atoms with Crippen LogP contribution in [0.2, 0.25) is 0 Å². The third-order valence-corrected chi connectivity index (χ3v) is 2.96. The van der Waals surface area contributed by atoms with Crippen LogP contribution in [-0.2, 0) is 11.0 Å². The zero-order chi connectivity index (χ0) is 16.5. The fraction of sp³-hybridized carbons (Fsp3) is 0.429. The Balaban J connectivity index is 2.17. The number of hydrogen-bond acceptors (Lipinski definition) is 4. The topological polar surface area (TPSA) is 81.2 Å². The molecule has 0 saturated carbocycles. The molecular weight excluding hydrogens is 299 g/mol. The average molecular weight is 315 g/mol. The number of hydrogen-bond donors (Lipinski definition) is 2. The van der Waals surface area contributed by atoms with Gasteiger partial charge in [0.05, 0.1) is 6.04 Å². The van der Waals surface area contributed by atoms with E-state index in [0.717, 1.165) is 0 Å². The van der Waals surface area contributed by atoms with Crippen molar-refractivity contribution in [3.63, 3.8) is 0 Å². The smallest absolute Gasteiger partial charge is 0.433 e. The molecule has 0 saturated heterocycles. The molecule has 1 aromatic carbocycles. The number of nitrogens with one attached hydrogen (secondary N) is 1. The molecule has 1 amide bonds. The minimum Gasteiger partial charge on any atom is -0.433 e. The molecule has 22 heavy (non-hydrogen) atoms. The first-order valence-corrected chi connectivity index (χ1v) is 6.71. The molecule has 8 heteroatoms. The van der Waals surface area contributed by atoms with Gasteiger partial charge in [-0.3, -0.25) is 4.79 Å². The molecule has 1 heterocycles. The van der Waals surface area contributed by atoms with E-state index in [1.165, 1.54) is 18.2 Å². The van der Waals surface area contributed by atoms with Gasteiger partial charge in [0.25, 0.3) is 0 Å². The summed E-state index contributed by atoms with van der Waals surface area (Å²) in [5, 5.41) is 2.56. The maximum Gasteiger partial charge on any atom is 0.468 e. The summed E-state index contributed by atoms with van der Waals surface area (Å²) in [5.41, 5.74) is 6.08. The van der Waals surface area contributed by atoms with Crippen LogP contribution in [0.5, 0.6) is 0 Å². The van der Waals surface area contributed by atoms with Gasteiger partial charge in [-0.15, -0.1) is 0 Å². The van der Waals surface area contributed by atoms with Crippen LogP contribution in [0.3, 0.4) is 0 Å². The number of oxazole rings is 1. The van der Waals surface area contributed by atoms with Gasteiger partial charge in [-0.25, -0.2) is 4.98 Å². The molecule has 0 radical (unpaired) electrons. The molecule has 0 aliphatic rings.